The maximum absolute atomic E-state index is 12.1. The second kappa shape index (κ2) is 7.78. The highest BCUT2D eigenvalue weighted by atomic mass is 127. The molecule has 0 aliphatic rings. The number of nitrogens with one attached hydrogen (secondary N) is 1. The van der Waals surface area contributed by atoms with E-state index in [9.17, 15) is 19.5 Å². The van der Waals surface area contributed by atoms with Gasteiger partial charge in [-0.2, -0.15) is 0 Å². The van der Waals surface area contributed by atoms with E-state index in [-0.39, 0.29) is 18.8 Å². The van der Waals surface area contributed by atoms with Crippen LogP contribution in [0.2, 0.25) is 0 Å². The van der Waals surface area contributed by atoms with E-state index in [1.54, 1.807) is 22.6 Å². The Kier molecular flexibility index (Phi) is 6.37. The molecule has 0 aliphatic heterocycles. The summed E-state index contributed by atoms with van der Waals surface area (Å²) in [5.74, 6) is -2.34. The highest BCUT2D eigenvalue weighted by molar-refractivity contribution is 14.1. The molecule has 0 bridgehead atoms. The van der Waals surface area contributed by atoms with Crippen LogP contribution in [0.5, 0.6) is 5.75 Å². The number of phenolic OH excluding ortho intramolecular Hbond substituents is 1. The van der Waals surface area contributed by atoms with Crippen LogP contribution in [-0.2, 0) is 14.4 Å². The van der Waals surface area contributed by atoms with Gasteiger partial charge in [0.2, 0.25) is 11.8 Å². The van der Waals surface area contributed by atoms with Crippen molar-refractivity contribution in [1.82, 2.24) is 5.32 Å². The molecule has 0 spiro atoms. The summed E-state index contributed by atoms with van der Waals surface area (Å²) in [5, 5.41) is 20.6. The second-order valence-electron chi connectivity index (χ2n) is 3.94. The molecular weight excluding hydrogens is 393 g/mol. The summed E-state index contributed by atoms with van der Waals surface area (Å²) in [4.78, 5) is 35.3. The fourth-order valence-electron chi connectivity index (χ4n) is 1.46. The molecule has 2 amide bonds. The summed E-state index contributed by atoms with van der Waals surface area (Å²) in [7, 11) is 0. The summed E-state index contributed by atoms with van der Waals surface area (Å²) in [5.41, 5.74) is 5.40. The van der Waals surface area contributed by atoms with E-state index in [4.69, 9.17) is 10.8 Å². The normalized spacial score (nSPS) is 11.5. The molecule has 21 heavy (non-hydrogen) atoms. The third kappa shape index (κ3) is 4.86. The Labute approximate surface area is 134 Å². The minimum absolute atomic E-state index is 0.0112. The molecule has 1 aromatic rings. The van der Waals surface area contributed by atoms with Crippen molar-refractivity contribution in [2.45, 2.75) is 4.05 Å². The van der Waals surface area contributed by atoms with Crippen LogP contribution >= 0.6 is 22.6 Å². The molecule has 0 aromatic heterocycles. The number of aromatic hydroxyl groups is 1. The van der Waals surface area contributed by atoms with Crippen molar-refractivity contribution in [1.29, 1.82) is 0 Å². The minimum atomic E-state index is -1.21. The van der Waals surface area contributed by atoms with Gasteiger partial charge in [-0.25, -0.2) is 4.79 Å². The number of carbonyl (C=O) groups excluding carboxylic acids is 2. The predicted octanol–water partition coefficient (Wildman–Crippen LogP) is -0.354. The maximum atomic E-state index is 12.1. The van der Waals surface area contributed by atoms with E-state index < -0.39 is 21.8 Å². The van der Waals surface area contributed by atoms with Gasteiger partial charge in [0.1, 0.15) is 5.75 Å². The van der Waals surface area contributed by atoms with Gasteiger partial charge in [0.05, 0.1) is 13.1 Å². The van der Waals surface area contributed by atoms with Crippen LogP contribution in [0.25, 0.3) is 0 Å². The molecule has 0 fully saturated rings. The van der Waals surface area contributed by atoms with E-state index in [1.807, 2.05) is 0 Å². The molecule has 1 atom stereocenters. The van der Waals surface area contributed by atoms with Gasteiger partial charge in [0, 0.05) is 5.69 Å². The summed E-state index contributed by atoms with van der Waals surface area (Å²) >= 11 is 1.59. The lowest BCUT2D eigenvalue weighted by atomic mass is 10.2. The van der Waals surface area contributed by atoms with Crippen LogP contribution in [0, 0.1) is 0 Å². The first-order valence-corrected chi connectivity index (χ1v) is 7.06. The number of carboxylic acids is 1. The number of hydrogen-bond acceptors (Lipinski definition) is 5. The van der Waals surface area contributed by atoms with Crippen molar-refractivity contribution in [2.75, 3.05) is 18.0 Å². The third-order valence-electron chi connectivity index (χ3n) is 2.45. The zero-order valence-corrected chi connectivity index (χ0v) is 13.0. The molecule has 0 saturated heterocycles. The van der Waals surface area contributed by atoms with Crippen LogP contribution < -0.4 is 16.0 Å². The maximum Gasteiger partial charge on any atom is 0.337 e. The zero-order chi connectivity index (χ0) is 16.0. The first-order valence-electron chi connectivity index (χ1n) is 5.81. The summed E-state index contributed by atoms with van der Waals surface area (Å²) in [6.45, 7) is -0.636. The first kappa shape index (κ1) is 17.2. The fourth-order valence-corrected chi connectivity index (χ4v) is 2.09. The van der Waals surface area contributed by atoms with E-state index >= 15 is 0 Å². The molecule has 0 radical (unpaired) electrons. The molecule has 1 unspecified atom stereocenters. The van der Waals surface area contributed by atoms with Crippen LogP contribution in [-0.4, -0.2) is 45.1 Å². The summed E-state index contributed by atoms with van der Waals surface area (Å²) in [6, 6.07) is 5.48. The van der Waals surface area contributed by atoms with Gasteiger partial charge in [0.25, 0.3) is 0 Å². The second-order valence-corrected chi connectivity index (χ2v) is 5.11. The van der Waals surface area contributed by atoms with E-state index in [1.165, 1.54) is 24.3 Å². The Bertz CT molecular complexity index is 534. The Morgan fingerprint density at radius 1 is 1.29 bits per heavy atom. The third-order valence-corrected chi connectivity index (χ3v) is 3.54. The van der Waals surface area contributed by atoms with Crippen molar-refractivity contribution < 1.29 is 24.6 Å². The zero-order valence-electron chi connectivity index (χ0n) is 10.8. The van der Waals surface area contributed by atoms with Crippen LogP contribution in [0.1, 0.15) is 0 Å². The number of nitrogens with zero attached hydrogens (tertiary/aromatic N) is 1. The van der Waals surface area contributed by atoms with Crippen LogP contribution in [0.15, 0.2) is 24.3 Å². The van der Waals surface area contributed by atoms with Gasteiger partial charge >= 0.3 is 5.97 Å². The molecule has 114 valence electrons. The fraction of sp³-hybridized carbons (Fsp3) is 0.250. The number of benzene rings is 1. The minimum Gasteiger partial charge on any atom is -0.508 e. The smallest absolute Gasteiger partial charge is 0.337 e. The molecule has 0 aliphatic carbocycles. The largest absolute Gasteiger partial charge is 0.508 e. The number of hydrogen-bond donors (Lipinski definition) is 4. The molecular formula is C12H14IN3O5. The topological polar surface area (TPSA) is 133 Å². The van der Waals surface area contributed by atoms with Crippen molar-refractivity contribution in [2.24, 2.45) is 5.73 Å². The Morgan fingerprint density at radius 3 is 2.33 bits per heavy atom. The Balaban J connectivity index is 2.97. The van der Waals surface area contributed by atoms with E-state index in [0.29, 0.717) is 5.69 Å². The number of carbonyl (C=O) groups is 3. The number of rotatable bonds is 6. The van der Waals surface area contributed by atoms with Gasteiger partial charge in [0.15, 0.2) is 4.05 Å². The molecule has 1 rings (SSSR count). The average Bonchev–Trinajstić information content (AvgIpc) is 2.46. The van der Waals surface area contributed by atoms with Gasteiger partial charge in [-0.1, -0.05) is 0 Å². The number of nitrogens with two attached hydrogens (primary N) is 1. The van der Waals surface area contributed by atoms with Crippen molar-refractivity contribution in [3.63, 3.8) is 0 Å². The summed E-state index contributed by atoms with van der Waals surface area (Å²) < 4.78 is -1.16. The summed E-state index contributed by atoms with van der Waals surface area (Å²) in [6.07, 6.45) is 0. The lowest BCUT2D eigenvalue weighted by molar-refractivity contribution is -0.137. The monoisotopic (exact) mass is 407 g/mol. The number of aliphatic carboxylic acids is 1. The molecule has 1 aromatic carbocycles. The highest BCUT2D eigenvalue weighted by Crippen LogP contribution is 2.23. The molecule has 0 saturated carbocycles. The number of halogens is 1. The molecule has 9 heteroatoms. The van der Waals surface area contributed by atoms with Gasteiger partial charge < -0.3 is 21.3 Å². The number of amides is 2. The van der Waals surface area contributed by atoms with Crippen LogP contribution in [0.4, 0.5) is 5.69 Å². The molecule has 0 heterocycles. The standard InChI is InChI=1S/C12H14IN3O5/c13-11(12(20)21)16(7-1-3-8(17)4-2-7)10(19)6-15-9(18)5-14/h1-4,11,17H,5-6,14H2,(H,15,18)(H,20,21). The van der Waals surface area contributed by atoms with Gasteiger partial charge in [-0.05, 0) is 46.9 Å². The van der Waals surface area contributed by atoms with E-state index in [0.717, 1.165) is 4.90 Å². The van der Waals surface area contributed by atoms with Crippen molar-refractivity contribution >= 4 is 46.1 Å². The number of alkyl halides is 1. The Hall–Kier alpha value is -1.88. The average molecular weight is 407 g/mol. The lowest BCUT2D eigenvalue weighted by Gasteiger charge is -2.25. The first-order chi connectivity index (χ1) is 9.86. The van der Waals surface area contributed by atoms with Crippen molar-refractivity contribution in [3.05, 3.63) is 24.3 Å². The molecule has 5 N–H and O–H groups in total. The highest BCUT2D eigenvalue weighted by Gasteiger charge is 2.28. The van der Waals surface area contributed by atoms with Crippen molar-refractivity contribution in [3.8, 4) is 5.75 Å². The predicted molar refractivity (Wildman–Crippen MR) is 83.1 cm³/mol. The SMILES string of the molecule is NCC(=O)NCC(=O)N(c1ccc(O)cc1)C(I)C(=O)O. The van der Waals surface area contributed by atoms with E-state index in [2.05, 4.69) is 5.32 Å². The quantitative estimate of drug-likeness (QED) is 0.289. The molecule has 8 nitrogen and oxygen atoms in total. The number of anilines is 1. The Morgan fingerprint density at radius 2 is 1.86 bits per heavy atom. The van der Waals surface area contributed by atoms with Crippen LogP contribution in [0.3, 0.4) is 0 Å². The lowest BCUT2D eigenvalue weighted by Crippen LogP contribution is -2.47. The number of carboxylic acid groups (broad SMARTS) is 1. The van der Waals surface area contributed by atoms with Gasteiger partial charge in [-0.15, -0.1) is 0 Å². The van der Waals surface area contributed by atoms with Gasteiger partial charge in [-0.3, -0.25) is 14.5 Å². The number of phenols is 1.